The number of esters is 1. The van der Waals surface area contributed by atoms with Gasteiger partial charge in [-0.3, -0.25) is 9.59 Å². The number of hydrogen-bond acceptors (Lipinski definition) is 11. The van der Waals surface area contributed by atoms with Crippen molar-refractivity contribution in [3.8, 4) is 0 Å². The van der Waals surface area contributed by atoms with Crippen LogP contribution in [0.1, 0.15) is 85.5 Å². The maximum Gasteiger partial charge on any atom is 0.305 e. The predicted octanol–water partition coefficient (Wildman–Crippen LogP) is 3.62. The lowest BCUT2D eigenvalue weighted by Crippen LogP contribution is -2.69. The summed E-state index contributed by atoms with van der Waals surface area (Å²) < 4.78 is 46.8. The third kappa shape index (κ3) is 9.04. The van der Waals surface area contributed by atoms with Gasteiger partial charge in [0, 0.05) is 51.9 Å². The molecule has 12 nitrogen and oxygen atoms in total. The number of rotatable bonds is 16. The highest BCUT2D eigenvalue weighted by molar-refractivity contribution is 5.82. The second kappa shape index (κ2) is 17.0. The summed E-state index contributed by atoms with van der Waals surface area (Å²) in [6.07, 6.45) is 2.17. The molecular weight excluding hydrogens is 586 g/mol. The Labute approximate surface area is 268 Å². The first-order valence-corrected chi connectivity index (χ1v) is 16.2. The molecule has 0 aromatic rings. The van der Waals surface area contributed by atoms with Crippen LogP contribution in [-0.4, -0.2) is 107 Å². The number of nitrogens with one attached hydrogen (secondary N) is 1. The zero-order valence-electron chi connectivity index (χ0n) is 28.5. The van der Waals surface area contributed by atoms with Gasteiger partial charge in [-0.1, -0.05) is 58.6 Å². The minimum atomic E-state index is -1.65. The van der Waals surface area contributed by atoms with E-state index in [0.717, 1.165) is 44.1 Å². The lowest BCUT2D eigenvalue weighted by molar-refractivity contribution is -0.333. The van der Waals surface area contributed by atoms with E-state index in [-0.39, 0.29) is 49.5 Å². The molecule has 0 aliphatic carbocycles. The number of unbranched alkanes of at least 4 members (excludes halogenated alkanes) is 4. The van der Waals surface area contributed by atoms with E-state index in [0.29, 0.717) is 12.8 Å². The fourth-order valence-electron chi connectivity index (χ4n) is 6.78. The van der Waals surface area contributed by atoms with Crippen molar-refractivity contribution in [2.45, 2.75) is 140 Å². The van der Waals surface area contributed by atoms with Gasteiger partial charge in [-0.25, -0.2) is 0 Å². The third-order valence-corrected chi connectivity index (χ3v) is 10.0. The highest BCUT2D eigenvalue weighted by Crippen LogP contribution is 2.44. The minimum absolute atomic E-state index is 0.0545. The molecule has 2 N–H and O–H groups in total. The van der Waals surface area contributed by atoms with Crippen LogP contribution in [0.4, 0.5) is 0 Å². The summed E-state index contributed by atoms with van der Waals surface area (Å²) in [5.41, 5.74) is 0.384. The molecule has 260 valence electrons. The largest absolute Gasteiger partial charge is 0.469 e. The van der Waals surface area contributed by atoms with Gasteiger partial charge in [-0.2, -0.15) is 0 Å². The van der Waals surface area contributed by atoms with Crippen molar-refractivity contribution in [3.05, 3.63) is 12.2 Å². The number of fused-ring (bicyclic) bond motifs is 1. The number of amides is 1. The highest BCUT2D eigenvalue weighted by atomic mass is 16.7. The Morgan fingerprint density at radius 3 is 2.36 bits per heavy atom. The molecule has 3 aliphatic heterocycles. The minimum Gasteiger partial charge on any atom is -0.469 e. The second-order valence-corrected chi connectivity index (χ2v) is 13.3. The normalized spacial score (nSPS) is 34.4. The summed E-state index contributed by atoms with van der Waals surface area (Å²) in [6, 6.07) is 0. The van der Waals surface area contributed by atoms with Crippen LogP contribution in [-0.2, 0) is 47.5 Å². The highest BCUT2D eigenvalue weighted by Gasteiger charge is 2.57. The van der Waals surface area contributed by atoms with Gasteiger partial charge in [0.15, 0.2) is 12.3 Å². The molecular formula is C33H57NO11. The fraction of sp³-hybridized carbons (Fsp3) is 0.879. The maximum absolute atomic E-state index is 13.5. The van der Waals surface area contributed by atoms with Gasteiger partial charge in [-0.15, -0.1) is 0 Å². The molecule has 12 heteroatoms. The van der Waals surface area contributed by atoms with E-state index in [4.69, 9.17) is 37.9 Å². The lowest BCUT2D eigenvalue weighted by Gasteiger charge is -2.54. The van der Waals surface area contributed by atoms with Crippen molar-refractivity contribution in [1.29, 1.82) is 0 Å². The van der Waals surface area contributed by atoms with Gasteiger partial charge in [0.2, 0.25) is 5.79 Å². The number of ether oxygens (including phenoxy) is 8. The van der Waals surface area contributed by atoms with E-state index in [1.54, 1.807) is 14.2 Å². The number of carbonyl (C=O) groups is 2. The zero-order chi connectivity index (χ0) is 33.4. The van der Waals surface area contributed by atoms with Gasteiger partial charge >= 0.3 is 5.97 Å². The summed E-state index contributed by atoms with van der Waals surface area (Å²) in [5, 5.41) is 14.0. The van der Waals surface area contributed by atoms with Crippen LogP contribution >= 0.6 is 0 Å². The first-order chi connectivity index (χ1) is 21.3. The van der Waals surface area contributed by atoms with Crippen molar-refractivity contribution >= 4 is 11.9 Å². The van der Waals surface area contributed by atoms with Crippen LogP contribution in [0, 0.1) is 11.3 Å². The monoisotopic (exact) mass is 643 g/mol. The van der Waals surface area contributed by atoms with Crippen LogP contribution in [0.3, 0.4) is 0 Å². The van der Waals surface area contributed by atoms with Gasteiger partial charge in [0.25, 0.3) is 5.91 Å². The van der Waals surface area contributed by atoms with Crippen LogP contribution in [0.5, 0.6) is 0 Å². The summed E-state index contributed by atoms with van der Waals surface area (Å²) >= 11 is 0. The molecule has 0 aromatic heterocycles. The van der Waals surface area contributed by atoms with E-state index in [1.807, 2.05) is 13.8 Å². The molecule has 0 radical (unpaired) electrons. The Kier molecular flexibility index (Phi) is 14.3. The van der Waals surface area contributed by atoms with Crippen molar-refractivity contribution in [1.82, 2.24) is 5.32 Å². The Balaban J connectivity index is 1.65. The van der Waals surface area contributed by atoms with Crippen molar-refractivity contribution in [2.24, 2.45) is 11.3 Å². The van der Waals surface area contributed by atoms with Crippen LogP contribution in [0.2, 0.25) is 0 Å². The van der Waals surface area contributed by atoms with Crippen molar-refractivity contribution in [2.75, 3.05) is 35.2 Å². The summed E-state index contributed by atoms with van der Waals surface area (Å²) in [7, 11) is 6.18. The number of aliphatic hydroxyl groups is 1. The standard InChI is InChI=1S/C33H57NO11/c1-20-18-33(41-9,45-22(3)21(20)2)28(36)30(37)34-31-27-26(42-19-43-31)29(40-8)32(4,5)24(44-27)17-23(38-6)15-13-11-10-12-14-16-25(35)39-7/h21-24,26-29,31,36H,1,10-19H2,2-9H3,(H,34,37)/t21-,22-,23-,24-,26+,27+,28-,29-,31-,33-/m1/s1. The van der Waals surface area contributed by atoms with E-state index in [1.165, 1.54) is 14.2 Å². The van der Waals surface area contributed by atoms with Crippen LogP contribution in [0.25, 0.3) is 0 Å². The molecule has 0 saturated carbocycles. The molecule has 3 heterocycles. The molecule has 0 aromatic carbocycles. The predicted molar refractivity (Wildman–Crippen MR) is 165 cm³/mol. The molecule has 10 atom stereocenters. The molecule has 3 aliphatic rings. The average Bonchev–Trinajstić information content (AvgIpc) is 3.01. The Hall–Kier alpha value is -1.64. The van der Waals surface area contributed by atoms with Gasteiger partial charge in [0.1, 0.15) is 19.0 Å². The van der Waals surface area contributed by atoms with Gasteiger partial charge in [0.05, 0.1) is 31.5 Å². The molecule has 0 bridgehead atoms. The van der Waals surface area contributed by atoms with E-state index >= 15 is 0 Å². The molecule has 3 saturated heterocycles. The maximum atomic E-state index is 13.5. The first-order valence-electron chi connectivity index (χ1n) is 16.2. The molecule has 1 amide bonds. The number of hydrogen-bond donors (Lipinski definition) is 2. The molecule has 0 spiro atoms. The molecule has 3 fully saturated rings. The van der Waals surface area contributed by atoms with Crippen molar-refractivity contribution in [3.63, 3.8) is 0 Å². The Morgan fingerprint density at radius 1 is 1.04 bits per heavy atom. The smallest absolute Gasteiger partial charge is 0.305 e. The number of methoxy groups -OCH3 is 4. The second-order valence-electron chi connectivity index (χ2n) is 13.3. The fourth-order valence-corrected chi connectivity index (χ4v) is 6.78. The Morgan fingerprint density at radius 2 is 1.73 bits per heavy atom. The first kappa shape index (κ1) is 37.8. The molecule has 0 unspecified atom stereocenters. The van der Waals surface area contributed by atoms with Crippen LogP contribution < -0.4 is 5.32 Å². The lowest BCUT2D eigenvalue weighted by atomic mass is 9.72. The SMILES string of the molecule is C=C1C[C@](OC)([C@H](O)C(=O)N[C@@H]2OCO[C@H]3[C@@H]2O[C@H](C[C@@H](CCCCCCCC(=O)OC)OC)C(C)(C)[C@@H]3OC)O[C@H](C)[C@@H]1C. The van der Waals surface area contributed by atoms with Crippen LogP contribution in [0.15, 0.2) is 12.2 Å². The van der Waals surface area contributed by atoms with Crippen molar-refractivity contribution < 1.29 is 52.6 Å². The van der Waals surface area contributed by atoms with Gasteiger partial charge < -0.3 is 48.3 Å². The van der Waals surface area contributed by atoms with E-state index in [2.05, 4.69) is 25.7 Å². The number of aliphatic hydroxyl groups excluding tert-OH is 1. The third-order valence-electron chi connectivity index (χ3n) is 10.0. The topological polar surface area (TPSA) is 140 Å². The van der Waals surface area contributed by atoms with Gasteiger partial charge in [-0.05, 0) is 19.8 Å². The average molecular weight is 644 g/mol. The molecule has 45 heavy (non-hydrogen) atoms. The summed E-state index contributed by atoms with van der Waals surface area (Å²) in [4.78, 5) is 24.8. The zero-order valence-corrected chi connectivity index (χ0v) is 28.5. The molecule has 3 rings (SSSR count). The van der Waals surface area contributed by atoms with E-state index < -0.39 is 41.6 Å². The Bertz CT molecular complexity index is 976. The quantitative estimate of drug-likeness (QED) is 0.145. The number of carbonyl (C=O) groups excluding carboxylic acids is 2. The summed E-state index contributed by atoms with van der Waals surface area (Å²) in [6.45, 7) is 12.1. The summed E-state index contributed by atoms with van der Waals surface area (Å²) in [5.74, 6) is -2.39. The van der Waals surface area contributed by atoms with E-state index in [9.17, 15) is 14.7 Å².